The predicted octanol–water partition coefficient (Wildman–Crippen LogP) is -0.244. The van der Waals surface area contributed by atoms with Crippen molar-refractivity contribution in [3.05, 3.63) is 11.7 Å². The van der Waals surface area contributed by atoms with Crippen LogP contribution in [0.1, 0.15) is 25.1 Å². The van der Waals surface area contributed by atoms with Gasteiger partial charge in [0, 0.05) is 39.6 Å². The summed E-state index contributed by atoms with van der Waals surface area (Å²) >= 11 is 0. The van der Waals surface area contributed by atoms with Gasteiger partial charge in [0.1, 0.15) is 0 Å². The number of aryl methyl sites for hydroxylation is 1. The Morgan fingerprint density at radius 3 is 3.00 bits per heavy atom. The molecule has 1 aromatic heterocycles. The molecule has 0 spiro atoms. The molecule has 0 fully saturated rings. The Morgan fingerprint density at radius 2 is 2.37 bits per heavy atom. The average molecular weight is 270 g/mol. The zero-order chi connectivity index (χ0) is 13.9. The summed E-state index contributed by atoms with van der Waals surface area (Å²) in [5.74, 6) is 7.16. The number of aromatic nitrogens is 2. The molecular weight excluding hydrogens is 248 g/mol. The molecule has 0 aliphatic carbocycles. The number of nitrogens with one attached hydrogen (secondary N) is 2. The number of guanidine groups is 1. The number of hydrogen-bond donors (Lipinski definition) is 3. The van der Waals surface area contributed by atoms with Gasteiger partial charge in [0.15, 0.2) is 5.82 Å². The summed E-state index contributed by atoms with van der Waals surface area (Å²) in [6.07, 6.45) is 1.52. The van der Waals surface area contributed by atoms with E-state index in [1.807, 2.05) is 6.92 Å². The SMILES string of the molecule is CCOCCCN=C(NN)NCCc1noc(C)n1. The number of nitrogens with two attached hydrogens (primary N) is 1. The maximum absolute atomic E-state index is 5.37. The maximum atomic E-state index is 5.37. The number of nitrogens with zero attached hydrogens (tertiary/aromatic N) is 3. The van der Waals surface area contributed by atoms with Gasteiger partial charge in [-0.25, -0.2) is 5.84 Å². The van der Waals surface area contributed by atoms with Crippen molar-refractivity contribution < 1.29 is 9.26 Å². The summed E-state index contributed by atoms with van der Waals surface area (Å²) in [4.78, 5) is 8.38. The van der Waals surface area contributed by atoms with Crippen LogP contribution in [0.25, 0.3) is 0 Å². The van der Waals surface area contributed by atoms with Crippen molar-refractivity contribution in [1.29, 1.82) is 0 Å². The van der Waals surface area contributed by atoms with Crippen LogP contribution in [-0.4, -0.2) is 42.4 Å². The predicted molar refractivity (Wildman–Crippen MR) is 71.5 cm³/mol. The largest absolute Gasteiger partial charge is 0.382 e. The van der Waals surface area contributed by atoms with Crippen LogP contribution in [-0.2, 0) is 11.2 Å². The molecule has 0 radical (unpaired) electrons. The van der Waals surface area contributed by atoms with Gasteiger partial charge in [-0.05, 0) is 13.3 Å². The molecule has 0 atom stereocenters. The van der Waals surface area contributed by atoms with Crippen molar-refractivity contribution >= 4 is 5.96 Å². The Morgan fingerprint density at radius 1 is 1.53 bits per heavy atom. The Kier molecular flexibility index (Phi) is 7.52. The van der Waals surface area contributed by atoms with Gasteiger partial charge in [-0.15, -0.1) is 0 Å². The molecule has 0 saturated carbocycles. The quantitative estimate of drug-likeness (QED) is 0.196. The fourth-order valence-corrected chi connectivity index (χ4v) is 1.39. The summed E-state index contributed by atoms with van der Waals surface area (Å²) in [6, 6.07) is 0. The highest BCUT2D eigenvalue weighted by Crippen LogP contribution is 1.94. The molecule has 8 heteroatoms. The fraction of sp³-hybridized carbons (Fsp3) is 0.727. The summed E-state index contributed by atoms with van der Waals surface area (Å²) in [6.45, 7) is 6.46. The van der Waals surface area contributed by atoms with Crippen LogP contribution in [0.5, 0.6) is 0 Å². The Hall–Kier alpha value is -1.67. The van der Waals surface area contributed by atoms with E-state index in [9.17, 15) is 0 Å². The minimum Gasteiger partial charge on any atom is -0.382 e. The van der Waals surface area contributed by atoms with Crippen molar-refractivity contribution in [3.63, 3.8) is 0 Å². The maximum Gasteiger partial charge on any atom is 0.223 e. The summed E-state index contributed by atoms with van der Waals surface area (Å²) in [5.41, 5.74) is 2.52. The molecule has 8 nitrogen and oxygen atoms in total. The zero-order valence-corrected chi connectivity index (χ0v) is 11.5. The second-order valence-corrected chi connectivity index (χ2v) is 3.83. The minimum atomic E-state index is 0.553. The minimum absolute atomic E-state index is 0.553. The van der Waals surface area contributed by atoms with E-state index in [-0.39, 0.29) is 0 Å². The Bertz CT molecular complexity index is 379. The smallest absolute Gasteiger partial charge is 0.223 e. The van der Waals surface area contributed by atoms with Crippen molar-refractivity contribution in [2.75, 3.05) is 26.3 Å². The zero-order valence-electron chi connectivity index (χ0n) is 11.5. The molecule has 108 valence electrons. The van der Waals surface area contributed by atoms with Gasteiger partial charge in [0.05, 0.1) is 0 Å². The number of ether oxygens (including phenoxy) is 1. The first-order chi connectivity index (χ1) is 9.26. The van der Waals surface area contributed by atoms with E-state index in [1.54, 1.807) is 6.92 Å². The van der Waals surface area contributed by atoms with Gasteiger partial charge in [-0.2, -0.15) is 4.98 Å². The standard InChI is InChI=1S/C11H22N6O2/c1-3-18-8-4-6-13-11(16-12)14-7-5-10-15-9(2)19-17-10/h3-8,12H2,1-2H3,(H2,13,14,16). The van der Waals surface area contributed by atoms with Crippen LogP contribution in [0.4, 0.5) is 0 Å². The second kappa shape index (κ2) is 9.29. The van der Waals surface area contributed by atoms with Gasteiger partial charge in [-0.1, -0.05) is 5.16 Å². The normalized spacial score (nSPS) is 11.6. The van der Waals surface area contributed by atoms with Gasteiger partial charge < -0.3 is 14.6 Å². The first kappa shape index (κ1) is 15.4. The summed E-state index contributed by atoms with van der Waals surface area (Å²) in [7, 11) is 0. The van der Waals surface area contributed by atoms with Crippen molar-refractivity contribution in [1.82, 2.24) is 20.9 Å². The van der Waals surface area contributed by atoms with Crippen LogP contribution >= 0.6 is 0 Å². The third-order valence-corrected chi connectivity index (χ3v) is 2.27. The molecule has 0 bridgehead atoms. The molecular formula is C11H22N6O2. The number of rotatable bonds is 8. The lowest BCUT2D eigenvalue weighted by atomic mass is 10.4. The third-order valence-electron chi connectivity index (χ3n) is 2.27. The number of hydrogen-bond acceptors (Lipinski definition) is 6. The fourth-order valence-electron chi connectivity index (χ4n) is 1.39. The van der Waals surface area contributed by atoms with E-state index >= 15 is 0 Å². The molecule has 1 heterocycles. The number of aliphatic imine (C=N–C) groups is 1. The van der Waals surface area contributed by atoms with Crippen molar-refractivity contribution in [2.24, 2.45) is 10.8 Å². The lowest BCUT2D eigenvalue weighted by Crippen LogP contribution is -2.42. The van der Waals surface area contributed by atoms with Gasteiger partial charge in [0.25, 0.3) is 0 Å². The van der Waals surface area contributed by atoms with E-state index in [4.69, 9.17) is 15.1 Å². The highest BCUT2D eigenvalue weighted by atomic mass is 16.5. The van der Waals surface area contributed by atoms with E-state index < -0.39 is 0 Å². The van der Waals surface area contributed by atoms with E-state index in [0.717, 1.165) is 13.0 Å². The molecule has 0 aliphatic rings. The molecule has 1 rings (SSSR count). The average Bonchev–Trinajstić information content (AvgIpc) is 2.82. The third kappa shape index (κ3) is 6.73. The summed E-state index contributed by atoms with van der Waals surface area (Å²) in [5, 5.41) is 6.87. The number of hydrazine groups is 1. The Labute approximate surface area is 112 Å². The lowest BCUT2D eigenvalue weighted by molar-refractivity contribution is 0.146. The molecule has 1 aromatic rings. The van der Waals surface area contributed by atoms with E-state index in [0.29, 0.717) is 43.8 Å². The van der Waals surface area contributed by atoms with E-state index in [1.165, 1.54) is 0 Å². The van der Waals surface area contributed by atoms with E-state index in [2.05, 4.69) is 25.9 Å². The Balaban J connectivity index is 2.18. The topological polar surface area (TPSA) is 111 Å². The van der Waals surface area contributed by atoms with Crippen LogP contribution in [0, 0.1) is 6.92 Å². The molecule has 4 N–H and O–H groups in total. The molecule has 0 aliphatic heterocycles. The molecule has 0 unspecified atom stereocenters. The molecule has 0 aromatic carbocycles. The highest BCUT2D eigenvalue weighted by Gasteiger charge is 2.02. The van der Waals surface area contributed by atoms with Gasteiger partial charge in [0.2, 0.25) is 11.9 Å². The van der Waals surface area contributed by atoms with Gasteiger partial charge in [-0.3, -0.25) is 10.4 Å². The highest BCUT2D eigenvalue weighted by molar-refractivity contribution is 5.79. The van der Waals surface area contributed by atoms with Gasteiger partial charge >= 0.3 is 0 Å². The van der Waals surface area contributed by atoms with Crippen LogP contribution in [0.3, 0.4) is 0 Å². The first-order valence-corrected chi connectivity index (χ1v) is 6.38. The first-order valence-electron chi connectivity index (χ1n) is 6.38. The molecule has 0 saturated heterocycles. The van der Waals surface area contributed by atoms with Crippen molar-refractivity contribution in [3.8, 4) is 0 Å². The van der Waals surface area contributed by atoms with Crippen LogP contribution < -0.4 is 16.6 Å². The summed E-state index contributed by atoms with van der Waals surface area (Å²) < 4.78 is 10.1. The second-order valence-electron chi connectivity index (χ2n) is 3.83. The van der Waals surface area contributed by atoms with Crippen LogP contribution in [0.15, 0.2) is 9.52 Å². The lowest BCUT2D eigenvalue weighted by Gasteiger charge is -2.07. The molecule has 19 heavy (non-hydrogen) atoms. The molecule has 0 amide bonds. The van der Waals surface area contributed by atoms with Crippen molar-refractivity contribution in [2.45, 2.75) is 26.7 Å². The van der Waals surface area contributed by atoms with Crippen LogP contribution in [0.2, 0.25) is 0 Å². The monoisotopic (exact) mass is 270 g/mol.